The highest BCUT2D eigenvalue weighted by molar-refractivity contribution is 6.04. The number of amides is 1. The summed E-state index contributed by atoms with van der Waals surface area (Å²) in [5.74, 6) is 1.06. The van der Waals surface area contributed by atoms with Gasteiger partial charge in [-0.15, -0.1) is 0 Å². The smallest absolute Gasteiger partial charge is 0.316 e. The number of hydrogen-bond donors (Lipinski definition) is 1. The lowest BCUT2D eigenvalue weighted by atomic mass is 10.2. The van der Waals surface area contributed by atoms with Crippen molar-refractivity contribution in [2.75, 3.05) is 12.4 Å². The Hall–Kier alpha value is -4.27. The SMILES string of the molecule is COc1ccc(Oc2cc3c(cc2NC(=O)c2ccco2)n(C)c(=O)c(=O)n3C)cc1. The molecule has 9 heteroatoms. The van der Waals surface area contributed by atoms with E-state index in [0.29, 0.717) is 28.2 Å². The highest BCUT2D eigenvalue weighted by Crippen LogP contribution is 2.34. The fraction of sp³-hybridized carbons (Fsp3) is 0.136. The van der Waals surface area contributed by atoms with Crippen LogP contribution in [0, 0.1) is 0 Å². The van der Waals surface area contributed by atoms with E-state index in [2.05, 4.69) is 5.32 Å². The topological polar surface area (TPSA) is 105 Å². The van der Waals surface area contributed by atoms with Gasteiger partial charge in [-0.3, -0.25) is 14.4 Å². The highest BCUT2D eigenvalue weighted by atomic mass is 16.5. The molecule has 1 amide bonds. The second kappa shape index (κ2) is 7.86. The van der Waals surface area contributed by atoms with Gasteiger partial charge in [0.1, 0.15) is 11.5 Å². The van der Waals surface area contributed by atoms with Gasteiger partial charge in [0.2, 0.25) is 0 Å². The monoisotopic (exact) mass is 421 g/mol. The Balaban J connectivity index is 1.86. The van der Waals surface area contributed by atoms with E-state index in [-0.39, 0.29) is 11.5 Å². The number of carbonyl (C=O) groups is 1. The van der Waals surface area contributed by atoms with E-state index in [4.69, 9.17) is 13.9 Å². The third-order valence-electron chi connectivity index (χ3n) is 4.87. The number of aryl methyl sites for hydroxylation is 2. The van der Waals surface area contributed by atoms with Crippen LogP contribution in [-0.4, -0.2) is 22.2 Å². The van der Waals surface area contributed by atoms with Gasteiger partial charge in [-0.05, 0) is 42.5 Å². The molecule has 2 heterocycles. The van der Waals surface area contributed by atoms with Crippen LogP contribution in [0.15, 0.2) is 68.8 Å². The molecule has 0 spiro atoms. The van der Waals surface area contributed by atoms with Crippen LogP contribution in [0.25, 0.3) is 11.0 Å². The molecule has 158 valence electrons. The summed E-state index contributed by atoms with van der Waals surface area (Å²) in [6, 6.07) is 13.2. The Bertz CT molecular complexity index is 1380. The number of benzene rings is 2. The number of fused-ring (bicyclic) bond motifs is 1. The third kappa shape index (κ3) is 3.68. The first kappa shape index (κ1) is 20.0. The molecule has 0 bridgehead atoms. The van der Waals surface area contributed by atoms with Crippen LogP contribution in [0.5, 0.6) is 17.2 Å². The van der Waals surface area contributed by atoms with E-state index in [0.717, 1.165) is 0 Å². The minimum absolute atomic E-state index is 0.116. The molecule has 1 N–H and O–H groups in total. The van der Waals surface area contributed by atoms with E-state index in [1.807, 2.05) is 0 Å². The quantitative estimate of drug-likeness (QED) is 0.497. The Labute approximate surface area is 176 Å². The van der Waals surface area contributed by atoms with E-state index in [1.54, 1.807) is 49.6 Å². The maximum Gasteiger partial charge on any atom is 0.316 e. The molecule has 0 unspecified atom stereocenters. The molecule has 0 atom stereocenters. The van der Waals surface area contributed by atoms with Crippen molar-refractivity contribution in [3.05, 3.63) is 81.3 Å². The number of anilines is 1. The number of nitrogens with one attached hydrogen (secondary N) is 1. The van der Waals surface area contributed by atoms with Gasteiger partial charge in [-0.1, -0.05) is 0 Å². The number of nitrogens with zero attached hydrogens (tertiary/aromatic N) is 2. The van der Waals surface area contributed by atoms with Gasteiger partial charge in [-0.2, -0.15) is 0 Å². The zero-order chi connectivity index (χ0) is 22.1. The van der Waals surface area contributed by atoms with Crippen molar-refractivity contribution in [2.24, 2.45) is 14.1 Å². The molecular formula is C22H19N3O6. The van der Waals surface area contributed by atoms with Crippen molar-refractivity contribution >= 4 is 22.6 Å². The van der Waals surface area contributed by atoms with Crippen LogP contribution in [0.2, 0.25) is 0 Å². The molecule has 0 fully saturated rings. The lowest BCUT2D eigenvalue weighted by Crippen LogP contribution is -2.39. The molecule has 4 aromatic rings. The Morgan fingerprint density at radius 3 is 2.13 bits per heavy atom. The van der Waals surface area contributed by atoms with Crippen LogP contribution >= 0.6 is 0 Å². The fourth-order valence-electron chi connectivity index (χ4n) is 3.15. The summed E-state index contributed by atoms with van der Waals surface area (Å²) in [5.41, 5.74) is -0.131. The maximum absolute atomic E-state index is 12.6. The Morgan fingerprint density at radius 1 is 0.935 bits per heavy atom. The van der Waals surface area contributed by atoms with Crippen LogP contribution in [0.1, 0.15) is 10.6 Å². The van der Waals surface area contributed by atoms with Gasteiger partial charge in [0.05, 0.1) is 30.1 Å². The molecule has 9 nitrogen and oxygen atoms in total. The molecule has 2 aromatic carbocycles. The van der Waals surface area contributed by atoms with Crippen molar-refractivity contribution in [3.8, 4) is 17.2 Å². The predicted molar refractivity (Wildman–Crippen MR) is 114 cm³/mol. The Kier molecular flexibility index (Phi) is 5.08. The number of hydrogen-bond acceptors (Lipinski definition) is 6. The lowest BCUT2D eigenvalue weighted by Gasteiger charge is -2.16. The highest BCUT2D eigenvalue weighted by Gasteiger charge is 2.17. The predicted octanol–water partition coefficient (Wildman–Crippen LogP) is 2.88. The van der Waals surface area contributed by atoms with Crippen LogP contribution < -0.4 is 25.9 Å². The second-order valence-electron chi connectivity index (χ2n) is 6.77. The van der Waals surface area contributed by atoms with Crippen molar-refractivity contribution in [2.45, 2.75) is 0 Å². The summed E-state index contributed by atoms with van der Waals surface area (Å²) in [6.45, 7) is 0. The van der Waals surface area contributed by atoms with Crippen molar-refractivity contribution in [3.63, 3.8) is 0 Å². The zero-order valence-electron chi connectivity index (χ0n) is 17.0. The first-order valence-corrected chi connectivity index (χ1v) is 9.29. The minimum Gasteiger partial charge on any atom is -0.497 e. The van der Waals surface area contributed by atoms with Crippen LogP contribution in [0.3, 0.4) is 0 Å². The summed E-state index contributed by atoms with van der Waals surface area (Å²) in [5, 5.41) is 2.74. The van der Waals surface area contributed by atoms with Crippen molar-refractivity contribution in [1.29, 1.82) is 0 Å². The number of carbonyl (C=O) groups excluding carboxylic acids is 1. The van der Waals surface area contributed by atoms with E-state index < -0.39 is 17.0 Å². The molecule has 0 aliphatic heterocycles. The number of rotatable bonds is 5. The summed E-state index contributed by atoms with van der Waals surface area (Å²) in [7, 11) is 4.56. The van der Waals surface area contributed by atoms with Gasteiger partial charge in [0, 0.05) is 20.2 Å². The summed E-state index contributed by atoms with van der Waals surface area (Å²) in [4.78, 5) is 37.1. The van der Waals surface area contributed by atoms with E-state index in [1.165, 1.54) is 35.6 Å². The average molecular weight is 421 g/mol. The molecule has 0 saturated carbocycles. The van der Waals surface area contributed by atoms with E-state index >= 15 is 0 Å². The van der Waals surface area contributed by atoms with Gasteiger partial charge in [0.25, 0.3) is 5.91 Å². The zero-order valence-corrected chi connectivity index (χ0v) is 17.0. The average Bonchev–Trinajstić information content (AvgIpc) is 3.32. The number of methoxy groups -OCH3 is 1. The molecule has 0 saturated heterocycles. The number of aromatic nitrogens is 2. The molecule has 0 aliphatic carbocycles. The molecule has 2 aromatic heterocycles. The summed E-state index contributed by atoms with van der Waals surface area (Å²) in [6.07, 6.45) is 1.39. The summed E-state index contributed by atoms with van der Waals surface area (Å²) >= 11 is 0. The molecule has 31 heavy (non-hydrogen) atoms. The normalized spacial score (nSPS) is 10.8. The van der Waals surface area contributed by atoms with Gasteiger partial charge >= 0.3 is 11.1 Å². The summed E-state index contributed by atoms with van der Waals surface area (Å²) < 4.78 is 18.8. The minimum atomic E-state index is -0.679. The van der Waals surface area contributed by atoms with Gasteiger partial charge in [0.15, 0.2) is 11.5 Å². The first-order chi connectivity index (χ1) is 14.9. The second-order valence-corrected chi connectivity index (χ2v) is 6.77. The fourth-order valence-corrected chi connectivity index (χ4v) is 3.15. The molecule has 0 radical (unpaired) electrons. The first-order valence-electron chi connectivity index (χ1n) is 9.29. The number of furan rings is 1. The standard InChI is InChI=1S/C22H19N3O6/c1-24-16-11-15(23-20(26)18-5-4-10-30-18)19(12-17(16)25(2)22(28)21(24)27)31-14-8-6-13(29-3)7-9-14/h4-12H,1-3H3,(H,23,26). The van der Waals surface area contributed by atoms with Gasteiger partial charge in [-0.25, -0.2) is 0 Å². The third-order valence-corrected chi connectivity index (χ3v) is 4.87. The molecular weight excluding hydrogens is 402 g/mol. The maximum atomic E-state index is 12.6. The lowest BCUT2D eigenvalue weighted by molar-refractivity contribution is 0.0996. The van der Waals surface area contributed by atoms with Gasteiger partial charge < -0.3 is 28.3 Å². The molecule has 0 aliphatic rings. The molecule has 4 rings (SSSR count). The Morgan fingerprint density at radius 2 is 1.55 bits per heavy atom. The number of ether oxygens (including phenoxy) is 2. The largest absolute Gasteiger partial charge is 0.497 e. The van der Waals surface area contributed by atoms with Crippen molar-refractivity contribution in [1.82, 2.24) is 9.13 Å². The van der Waals surface area contributed by atoms with Crippen LogP contribution in [-0.2, 0) is 14.1 Å². The van der Waals surface area contributed by atoms with E-state index in [9.17, 15) is 14.4 Å². The van der Waals surface area contributed by atoms with Crippen molar-refractivity contribution < 1.29 is 18.7 Å². The van der Waals surface area contributed by atoms with Crippen LogP contribution in [0.4, 0.5) is 5.69 Å².